The van der Waals surface area contributed by atoms with E-state index in [2.05, 4.69) is 20.8 Å². The number of rotatable bonds is 8. The van der Waals surface area contributed by atoms with Gasteiger partial charge in [-0.1, -0.05) is 41.6 Å². The van der Waals surface area contributed by atoms with E-state index in [1.165, 1.54) is 23.9 Å². The predicted octanol–water partition coefficient (Wildman–Crippen LogP) is 1.38. The van der Waals surface area contributed by atoms with Gasteiger partial charge in [-0.15, -0.1) is 5.10 Å². The van der Waals surface area contributed by atoms with Gasteiger partial charge in [-0.2, -0.15) is 4.68 Å². The molecule has 158 valence electrons. The quantitative estimate of drug-likeness (QED) is 0.499. The number of amides is 1. The van der Waals surface area contributed by atoms with Crippen molar-refractivity contribution < 1.29 is 13.2 Å². The summed E-state index contributed by atoms with van der Waals surface area (Å²) in [5.41, 5.74) is 3.96. The lowest BCUT2D eigenvalue weighted by atomic mass is 10.1. The van der Waals surface area contributed by atoms with Crippen LogP contribution in [-0.2, 0) is 21.2 Å². The monoisotopic (exact) mass is 446 g/mol. The van der Waals surface area contributed by atoms with Crippen LogP contribution in [0.15, 0.2) is 52.5 Å². The number of thioether (sulfide) groups is 1. The molecular weight excluding hydrogens is 424 g/mol. The van der Waals surface area contributed by atoms with Gasteiger partial charge in [-0.3, -0.25) is 4.79 Å². The van der Waals surface area contributed by atoms with E-state index in [1.54, 1.807) is 16.8 Å². The van der Waals surface area contributed by atoms with Gasteiger partial charge in [-0.25, -0.2) is 13.6 Å². The van der Waals surface area contributed by atoms with Gasteiger partial charge in [0.05, 0.1) is 16.3 Å². The molecule has 1 amide bonds. The molecule has 0 spiro atoms. The van der Waals surface area contributed by atoms with Crippen LogP contribution in [0.25, 0.3) is 5.69 Å². The predicted molar refractivity (Wildman–Crippen MR) is 114 cm³/mol. The van der Waals surface area contributed by atoms with Crippen molar-refractivity contribution in [2.24, 2.45) is 5.14 Å². The van der Waals surface area contributed by atoms with Crippen molar-refractivity contribution >= 4 is 27.7 Å². The number of nitrogens with zero attached hydrogens (tertiary/aromatic N) is 4. The second-order valence-electron chi connectivity index (χ2n) is 6.74. The molecule has 0 bridgehead atoms. The first-order chi connectivity index (χ1) is 14.2. The molecule has 0 aliphatic heterocycles. The van der Waals surface area contributed by atoms with Crippen LogP contribution in [0.4, 0.5) is 0 Å². The normalized spacial score (nSPS) is 11.4. The maximum atomic E-state index is 12.2. The minimum atomic E-state index is -3.70. The summed E-state index contributed by atoms with van der Waals surface area (Å²) in [6.07, 6.45) is 0.571. The van der Waals surface area contributed by atoms with Gasteiger partial charge < -0.3 is 5.32 Å². The first kappa shape index (κ1) is 21.9. The molecule has 0 aliphatic rings. The number of hydrogen-bond donors (Lipinski definition) is 2. The molecule has 3 rings (SSSR count). The van der Waals surface area contributed by atoms with Gasteiger partial charge in [-0.05, 0) is 60.0 Å². The first-order valence-corrected chi connectivity index (χ1v) is 11.6. The zero-order valence-electron chi connectivity index (χ0n) is 16.6. The number of benzene rings is 2. The average molecular weight is 447 g/mol. The fourth-order valence-corrected chi connectivity index (χ4v) is 4.07. The van der Waals surface area contributed by atoms with E-state index in [-0.39, 0.29) is 16.6 Å². The minimum absolute atomic E-state index is 0.0632. The van der Waals surface area contributed by atoms with E-state index in [0.717, 1.165) is 22.4 Å². The van der Waals surface area contributed by atoms with Crippen LogP contribution < -0.4 is 10.5 Å². The van der Waals surface area contributed by atoms with E-state index < -0.39 is 10.0 Å². The summed E-state index contributed by atoms with van der Waals surface area (Å²) in [5, 5.41) is 20.2. The molecule has 9 nitrogen and oxygen atoms in total. The van der Waals surface area contributed by atoms with Crippen LogP contribution in [0, 0.1) is 13.8 Å². The average Bonchev–Trinajstić information content (AvgIpc) is 3.14. The zero-order valence-corrected chi connectivity index (χ0v) is 18.2. The lowest BCUT2D eigenvalue weighted by Crippen LogP contribution is -2.27. The number of tetrazole rings is 1. The number of nitrogens with two attached hydrogens (primary N) is 1. The molecule has 11 heteroatoms. The van der Waals surface area contributed by atoms with E-state index in [0.29, 0.717) is 18.1 Å². The maximum absolute atomic E-state index is 12.2. The van der Waals surface area contributed by atoms with Crippen LogP contribution in [0.5, 0.6) is 0 Å². The van der Waals surface area contributed by atoms with Crippen molar-refractivity contribution in [3.05, 3.63) is 59.2 Å². The molecule has 1 aromatic heterocycles. The standard InChI is InChI=1S/C19H22N6O3S2/c1-13-3-8-17(14(2)11-13)25-19(22-23-24-25)29-12-18(26)21-10-9-15-4-6-16(7-5-15)30(20,27)28/h3-8,11H,9-10,12H2,1-2H3,(H,21,26)(H2,20,27,28). The summed E-state index contributed by atoms with van der Waals surface area (Å²) in [6, 6.07) is 12.3. The van der Waals surface area contributed by atoms with Gasteiger partial charge in [0.15, 0.2) is 0 Å². The van der Waals surface area contributed by atoms with Crippen LogP contribution in [0.1, 0.15) is 16.7 Å². The minimum Gasteiger partial charge on any atom is -0.355 e. The van der Waals surface area contributed by atoms with Crippen LogP contribution in [-0.4, -0.2) is 46.8 Å². The lowest BCUT2D eigenvalue weighted by Gasteiger charge is -2.09. The SMILES string of the molecule is Cc1ccc(-n2nnnc2SCC(=O)NCCc2ccc(S(N)(=O)=O)cc2)c(C)c1. The Labute approximate surface area is 179 Å². The molecule has 0 atom stereocenters. The molecule has 30 heavy (non-hydrogen) atoms. The number of aromatic nitrogens is 4. The van der Waals surface area contributed by atoms with Crippen molar-refractivity contribution in [2.45, 2.75) is 30.3 Å². The third-order valence-electron chi connectivity index (χ3n) is 4.34. The van der Waals surface area contributed by atoms with Crippen LogP contribution in [0.2, 0.25) is 0 Å². The van der Waals surface area contributed by atoms with Gasteiger partial charge in [0.1, 0.15) is 0 Å². The van der Waals surface area contributed by atoms with Gasteiger partial charge in [0.2, 0.25) is 21.1 Å². The molecule has 3 N–H and O–H groups in total. The summed E-state index contributed by atoms with van der Waals surface area (Å²) in [7, 11) is -3.70. The summed E-state index contributed by atoms with van der Waals surface area (Å²) >= 11 is 1.25. The molecule has 1 heterocycles. The molecule has 0 fully saturated rings. The van der Waals surface area contributed by atoms with E-state index in [4.69, 9.17) is 5.14 Å². The molecule has 0 radical (unpaired) electrons. The smallest absolute Gasteiger partial charge is 0.238 e. The third kappa shape index (κ3) is 5.65. The van der Waals surface area contributed by atoms with E-state index in [1.807, 2.05) is 32.0 Å². The highest BCUT2D eigenvalue weighted by Crippen LogP contribution is 2.21. The third-order valence-corrected chi connectivity index (χ3v) is 6.19. The Kier molecular flexibility index (Phi) is 6.85. The van der Waals surface area contributed by atoms with Crippen molar-refractivity contribution in [1.29, 1.82) is 0 Å². The molecular formula is C19H22N6O3S2. The summed E-state index contributed by atoms with van der Waals surface area (Å²) in [4.78, 5) is 12.2. The molecule has 0 unspecified atom stereocenters. The zero-order chi connectivity index (χ0) is 21.7. The number of carbonyl (C=O) groups excluding carboxylic acids is 1. The van der Waals surface area contributed by atoms with E-state index in [9.17, 15) is 13.2 Å². The summed E-state index contributed by atoms with van der Waals surface area (Å²) in [5.74, 6) is 0.0339. The Morgan fingerprint density at radius 1 is 1.17 bits per heavy atom. The molecule has 0 saturated heterocycles. The summed E-state index contributed by atoms with van der Waals surface area (Å²) in [6.45, 7) is 4.43. The van der Waals surface area contributed by atoms with Crippen molar-refractivity contribution in [2.75, 3.05) is 12.3 Å². The fourth-order valence-electron chi connectivity index (χ4n) is 2.84. The number of primary sulfonamides is 1. The number of hydrogen-bond acceptors (Lipinski definition) is 7. The highest BCUT2D eigenvalue weighted by molar-refractivity contribution is 7.99. The van der Waals surface area contributed by atoms with Crippen molar-refractivity contribution in [3.8, 4) is 5.69 Å². The Morgan fingerprint density at radius 2 is 1.90 bits per heavy atom. The van der Waals surface area contributed by atoms with E-state index >= 15 is 0 Å². The summed E-state index contributed by atoms with van der Waals surface area (Å²) < 4.78 is 24.2. The first-order valence-electron chi connectivity index (χ1n) is 9.11. The maximum Gasteiger partial charge on any atom is 0.238 e. The second-order valence-corrected chi connectivity index (χ2v) is 9.24. The molecule has 0 aliphatic carbocycles. The molecule has 3 aromatic rings. The van der Waals surface area contributed by atoms with Gasteiger partial charge in [0.25, 0.3) is 0 Å². The number of aryl methyl sites for hydroxylation is 2. The Balaban J connectivity index is 1.51. The Morgan fingerprint density at radius 3 is 2.57 bits per heavy atom. The highest BCUT2D eigenvalue weighted by atomic mass is 32.2. The highest BCUT2D eigenvalue weighted by Gasteiger charge is 2.13. The Bertz CT molecular complexity index is 1140. The topological polar surface area (TPSA) is 133 Å². The fraction of sp³-hybridized carbons (Fsp3) is 0.263. The van der Waals surface area contributed by atoms with Crippen molar-refractivity contribution in [1.82, 2.24) is 25.5 Å². The molecule has 0 saturated carbocycles. The van der Waals surface area contributed by atoms with Crippen molar-refractivity contribution in [3.63, 3.8) is 0 Å². The second kappa shape index (κ2) is 9.37. The van der Waals surface area contributed by atoms with Gasteiger partial charge in [0, 0.05) is 6.54 Å². The van der Waals surface area contributed by atoms with Gasteiger partial charge >= 0.3 is 0 Å². The number of sulfonamides is 1. The lowest BCUT2D eigenvalue weighted by molar-refractivity contribution is -0.118. The Hall–Kier alpha value is -2.76. The number of nitrogens with one attached hydrogen (secondary N) is 1. The van der Waals surface area contributed by atoms with Crippen LogP contribution >= 0.6 is 11.8 Å². The largest absolute Gasteiger partial charge is 0.355 e. The number of carbonyl (C=O) groups is 1. The van der Waals surface area contributed by atoms with Crippen LogP contribution in [0.3, 0.4) is 0 Å². The molecule has 2 aromatic carbocycles.